The highest BCUT2D eigenvalue weighted by Crippen LogP contribution is 2.22. The van der Waals surface area contributed by atoms with Gasteiger partial charge in [0.2, 0.25) is 10.0 Å². The number of halogens is 3. The minimum absolute atomic E-state index is 0.0886. The molecule has 0 aliphatic heterocycles. The predicted octanol–water partition coefficient (Wildman–Crippen LogP) is 1.47. The van der Waals surface area contributed by atoms with E-state index in [0.29, 0.717) is 0 Å². The molecule has 0 amide bonds. The first kappa shape index (κ1) is 13.1. The molecule has 0 radical (unpaired) electrons. The molecule has 0 aromatic heterocycles. The fourth-order valence-corrected chi connectivity index (χ4v) is 2.31. The lowest BCUT2D eigenvalue weighted by Gasteiger charge is -2.08. The van der Waals surface area contributed by atoms with Gasteiger partial charge in [0.1, 0.15) is 4.90 Å². The summed E-state index contributed by atoms with van der Waals surface area (Å²) in [5.41, 5.74) is 5.33. The van der Waals surface area contributed by atoms with Crippen LogP contribution in [0.5, 0.6) is 0 Å². The lowest BCUT2D eigenvalue weighted by atomic mass is 10.3. The van der Waals surface area contributed by atoms with Crippen molar-refractivity contribution in [3.63, 3.8) is 0 Å². The van der Waals surface area contributed by atoms with Crippen LogP contribution >= 0.6 is 11.6 Å². The Morgan fingerprint density at radius 1 is 1.44 bits per heavy atom. The van der Waals surface area contributed by atoms with E-state index < -0.39 is 23.0 Å². The first-order chi connectivity index (χ1) is 7.33. The Bertz CT molecular complexity index is 479. The lowest BCUT2D eigenvalue weighted by molar-refractivity contribution is 0.153. The standard InChI is InChI=1S/C8H9ClF2N2O2S/c9-5-1-2-7(6(12)3-5)16(14,15)13-4-8(10)11/h1-3,8,13H,4,12H2. The van der Waals surface area contributed by atoms with E-state index in [1.165, 1.54) is 12.1 Å². The van der Waals surface area contributed by atoms with Crippen LogP contribution in [0.3, 0.4) is 0 Å². The molecule has 16 heavy (non-hydrogen) atoms. The molecule has 0 saturated heterocycles. The van der Waals surface area contributed by atoms with E-state index in [-0.39, 0.29) is 15.6 Å². The van der Waals surface area contributed by atoms with Crippen LogP contribution < -0.4 is 10.5 Å². The molecule has 0 spiro atoms. The number of hydrogen-bond acceptors (Lipinski definition) is 3. The number of anilines is 1. The quantitative estimate of drug-likeness (QED) is 0.814. The second-order valence-corrected chi connectivity index (χ2v) is 5.10. The maximum atomic E-state index is 11.9. The van der Waals surface area contributed by atoms with Crippen LogP contribution in [-0.2, 0) is 10.0 Å². The molecular formula is C8H9ClF2N2O2S. The summed E-state index contributed by atoms with van der Waals surface area (Å²) in [6, 6.07) is 3.71. The molecule has 8 heteroatoms. The summed E-state index contributed by atoms with van der Waals surface area (Å²) in [6.45, 7) is -0.954. The second kappa shape index (κ2) is 4.94. The fraction of sp³-hybridized carbons (Fsp3) is 0.250. The van der Waals surface area contributed by atoms with Crippen molar-refractivity contribution in [1.82, 2.24) is 4.72 Å². The summed E-state index contributed by atoms with van der Waals surface area (Å²) < 4.78 is 48.5. The van der Waals surface area contributed by atoms with Crippen molar-refractivity contribution in [2.24, 2.45) is 0 Å². The summed E-state index contributed by atoms with van der Waals surface area (Å²) in [4.78, 5) is -0.266. The van der Waals surface area contributed by atoms with Gasteiger partial charge < -0.3 is 5.73 Å². The average molecular weight is 271 g/mol. The maximum absolute atomic E-state index is 11.9. The van der Waals surface area contributed by atoms with Crippen molar-refractivity contribution in [3.8, 4) is 0 Å². The molecule has 3 N–H and O–H groups in total. The van der Waals surface area contributed by atoms with E-state index >= 15 is 0 Å². The first-order valence-electron chi connectivity index (χ1n) is 4.16. The third kappa shape index (κ3) is 3.29. The molecular weight excluding hydrogens is 262 g/mol. The van der Waals surface area contributed by atoms with Gasteiger partial charge in [0, 0.05) is 5.02 Å². The van der Waals surface area contributed by atoms with Crippen molar-refractivity contribution in [1.29, 1.82) is 0 Å². The van der Waals surface area contributed by atoms with Gasteiger partial charge in [-0.2, -0.15) is 0 Å². The van der Waals surface area contributed by atoms with Gasteiger partial charge in [-0.15, -0.1) is 0 Å². The molecule has 90 valence electrons. The molecule has 0 heterocycles. The van der Waals surface area contributed by atoms with E-state index in [9.17, 15) is 17.2 Å². The zero-order valence-electron chi connectivity index (χ0n) is 7.95. The Morgan fingerprint density at radius 2 is 2.06 bits per heavy atom. The van der Waals surface area contributed by atoms with E-state index in [1.54, 1.807) is 4.72 Å². The molecule has 0 atom stereocenters. The number of nitrogens with two attached hydrogens (primary N) is 1. The van der Waals surface area contributed by atoms with Gasteiger partial charge in [0.15, 0.2) is 0 Å². The van der Waals surface area contributed by atoms with Gasteiger partial charge in [-0.05, 0) is 18.2 Å². The molecule has 1 aromatic carbocycles. The monoisotopic (exact) mass is 270 g/mol. The second-order valence-electron chi connectivity index (χ2n) is 2.93. The van der Waals surface area contributed by atoms with Crippen LogP contribution in [0, 0.1) is 0 Å². The Morgan fingerprint density at radius 3 is 2.56 bits per heavy atom. The van der Waals surface area contributed by atoms with Crippen LogP contribution in [-0.4, -0.2) is 21.4 Å². The summed E-state index contributed by atoms with van der Waals surface area (Å²) in [5.74, 6) is 0. The van der Waals surface area contributed by atoms with E-state index in [2.05, 4.69) is 0 Å². The normalized spacial score (nSPS) is 12.0. The fourth-order valence-electron chi connectivity index (χ4n) is 1.01. The van der Waals surface area contributed by atoms with Gasteiger partial charge in [-0.25, -0.2) is 21.9 Å². The average Bonchev–Trinajstić information content (AvgIpc) is 2.14. The van der Waals surface area contributed by atoms with Gasteiger partial charge >= 0.3 is 0 Å². The molecule has 0 aliphatic carbocycles. The minimum atomic E-state index is -4.02. The highest BCUT2D eigenvalue weighted by atomic mass is 35.5. The molecule has 0 aliphatic rings. The van der Waals surface area contributed by atoms with Gasteiger partial charge in [0.05, 0.1) is 12.2 Å². The van der Waals surface area contributed by atoms with E-state index in [0.717, 1.165) is 6.07 Å². The van der Waals surface area contributed by atoms with Crippen LogP contribution in [0.2, 0.25) is 5.02 Å². The molecule has 0 fully saturated rings. The zero-order chi connectivity index (χ0) is 12.3. The van der Waals surface area contributed by atoms with Crippen molar-refractivity contribution >= 4 is 27.3 Å². The molecule has 1 rings (SSSR count). The van der Waals surface area contributed by atoms with Gasteiger partial charge in [-0.1, -0.05) is 11.6 Å². The van der Waals surface area contributed by atoms with Crippen LogP contribution in [0.1, 0.15) is 0 Å². The minimum Gasteiger partial charge on any atom is -0.398 e. The molecule has 0 bridgehead atoms. The number of rotatable bonds is 4. The number of sulfonamides is 1. The smallest absolute Gasteiger partial charge is 0.251 e. The first-order valence-corrected chi connectivity index (χ1v) is 6.02. The lowest BCUT2D eigenvalue weighted by Crippen LogP contribution is -2.29. The SMILES string of the molecule is Nc1cc(Cl)ccc1S(=O)(=O)NCC(F)F. The van der Waals surface area contributed by atoms with Crippen LogP contribution in [0.25, 0.3) is 0 Å². The largest absolute Gasteiger partial charge is 0.398 e. The molecule has 4 nitrogen and oxygen atoms in total. The summed E-state index contributed by atoms with van der Waals surface area (Å²) in [5, 5.41) is 0.269. The van der Waals surface area contributed by atoms with Crippen LogP contribution in [0.15, 0.2) is 23.1 Å². The maximum Gasteiger partial charge on any atom is 0.251 e. The Labute approximate surface area is 96.4 Å². The zero-order valence-corrected chi connectivity index (χ0v) is 9.52. The Hall–Kier alpha value is -0.920. The number of nitrogens with one attached hydrogen (secondary N) is 1. The van der Waals surface area contributed by atoms with Gasteiger partial charge in [-0.3, -0.25) is 0 Å². The third-order valence-corrected chi connectivity index (χ3v) is 3.42. The Kier molecular flexibility index (Phi) is 4.06. The van der Waals surface area contributed by atoms with Crippen LogP contribution in [0.4, 0.5) is 14.5 Å². The topological polar surface area (TPSA) is 72.2 Å². The number of hydrogen-bond donors (Lipinski definition) is 2. The highest BCUT2D eigenvalue weighted by molar-refractivity contribution is 7.89. The van der Waals surface area contributed by atoms with Crippen molar-refractivity contribution in [2.45, 2.75) is 11.3 Å². The predicted molar refractivity (Wildman–Crippen MR) is 57.1 cm³/mol. The highest BCUT2D eigenvalue weighted by Gasteiger charge is 2.18. The van der Waals surface area contributed by atoms with Crippen molar-refractivity contribution < 1.29 is 17.2 Å². The van der Waals surface area contributed by atoms with Gasteiger partial charge in [0.25, 0.3) is 6.43 Å². The molecule has 0 unspecified atom stereocenters. The Balaban J connectivity index is 2.99. The summed E-state index contributed by atoms with van der Waals surface area (Å²) in [7, 11) is -4.02. The van der Waals surface area contributed by atoms with Crippen molar-refractivity contribution in [2.75, 3.05) is 12.3 Å². The third-order valence-electron chi connectivity index (χ3n) is 1.69. The van der Waals surface area contributed by atoms with E-state index in [4.69, 9.17) is 17.3 Å². The van der Waals surface area contributed by atoms with E-state index in [1.807, 2.05) is 0 Å². The van der Waals surface area contributed by atoms with Crippen molar-refractivity contribution in [3.05, 3.63) is 23.2 Å². The summed E-state index contributed by atoms with van der Waals surface area (Å²) >= 11 is 5.58. The molecule has 1 aromatic rings. The molecule has 0 saturated carbocycles. The number of nitrogen functional groups attached to an aromatic ring is 1. The summed E-state index contributed by atoms with van der Waals surface area (Å²) in [6.07, 6.45) is -2.76. The number of alkyl halides is 2. The number of benzene rings is 1.